The van der Waals surface area contributed by atoms with Gasteiger partial charge in [0.15, 0.2) is 0 Å². The van der Waals surface area contributed by atoms with Crippen LogP contribution in [0.1, 0.15) is 0 Å². The smallest absolute Gasteiger partial charge is 0.0759 e. The highest BCUT2D eigenvalue weighted by molar-refractivity contribution is 9.09. The predicted molar refractivity (Wildman–Crippen MR) is 146 cm³/mol. The molecule has 0 nitrogen and oxygen atoms in total. The van der Waals surface area contributed by atoms with Gasteiger partial charge in [-0.25, -0.2) is 0 Å². The first kappa shape index (κ1) is 28.0. The van der Waals surface area contributed by atoms with Crippen LogP contribution in [-0.4, -0.2) is 22.2 Å². The molecule has 0 aliphatic carbocycles. The van der Waals surface area contributed by atoms with Gasteiger partial charge in [0.1, 0.15) is 0 Å². The van der Waals surface area contributed by atoms with Crippen molar-refractivity contribution in [3.8, 4) is 0 Å². The van der Waals surface area contributed by atoms with E-state index in [0.717, 1.165) is 33.9 Å². The van der Waals surface area contributed by atoms with Gasteiger partial charge in [-0.2, -0.15) is 0 Å². The molecule has 0 amide bonds. The number of hydrogen-bond acceptors (Lipinski definition) is 3. The molecule has 0 radical (unpaired) electrons. The summed E-state index contributed by atoms with van der Waals surface area (Å²) < 4.78 is 0. The zero-order chi connectivity index (χ0) is 21.9. The van der Waals surface area contributed by atoms with Gasteiger partial charge in [0, 0.05) is 32.0 Å². The van der Waals surface area contributed by atoms with Crippen molar-refractivity contribution in [3.63, 3.8) is 0 Å². The minimum atomic E-state index is 0.250. The normalized spacial score (nSPS) is 11.4. The molecule has 0 aliphatic rings. The quantitative estimate of drug-likeness (QED) is 0.150. The van der Waals surface area contributed by atoms with Gasteiger partial charge in [-0.3, -0.25) is 0 Å². The lowest BCUT2D eigenvalue weighted by molar-refractivity contribution is 1.31. The van der Waals surface area contributed by atoms with Crippen molar-refractivity contribution >= 4 is 160 Å². The monoisotopic (exact) mass is 734 g/mol. The first-order valence-corrected chi connectivity index (χ1v) is 15.5. The Kier molecular flexibility index (Phi) is 12.6. The summed E-state index contributed by atoms with van der Waals surface area (Å²) in [5.41, 5.74) is 0. The summed E-state index contributed by atoms with van der Waals surface area (Å²) >= 11 is 62.6. The fourth-order valence-electron chi connectivity index (χ4n) is 2.00. The SMILES string of the molecule is Clc1c(Cl)c(Sc2c(Cl)c(Cl)c(SCCBr)c(Cl)c2Cl)c(Cl)c(Cl)c1SCCBr. The molecular formula is C16H8Br2Cl8S3. The highest BCUT2D eigenvalue weighted by Crippen LogP contribution is 2.55. The molecule has 0 fully saturated rings. The van der Waals surface area contributed by atoms with E-state index in [1.165, 1.54) is 23.5 Å². The molecule has 13 heteroatoms. The van der Waals surface area contributed by atoms with Crippen molar-refractivity contribution in [2.45, 2.75) is 19.6 Å². The summed E-state index contributed by atoms with van der Waals surface area (Å²) in [5, 5.41) is 3.76. The Labute approximate surface area is 238 Å². The highest BCUT2D eigenvalue weighted by atomic mass is 79.9. The summed E-state index contributed by atoms with van der Waals surface area (Å²) in [6, 6.07) is 0. The van der Waals surface area contributed by atoms with E-state index < -0.39 is 0 Å². The first-order chi connectivity index (χ1) is 13.7. The van der Waals surface area contributed by atoms with Crippen LogP contribution in [-0.2, 0) is 0 Å². The fourth-order valence-corrected chi connectivity index (χ4v) is 8.69. The van der Waals surface area contributed by atoms with Gasteiger partial charge in [0.05, 0.1) is 50.0 Å². The van der Waals surface area contributed by atoms with E-state index in [0.29, 0.717) is 39.7 Å². The molecule has 2 aromatic rings. The Hall–Kier alpha value is 2.77. The zero-order valence-electron chi connectivity index (χ0n) is 13.8. The van der Waals surface area contributed by atoms with Crippen LogP contribution in [0.15, 0.2) is 19.6 Å². The zero-order valence-corrected chi connectivity index (χ0v) is 25.5. The predicted octanol–water partition coefficient (Wildman–Crippen LogP) is 12.0. The first-order valence-electron chi connectivity index (χ1n) is 7.44. The van der Waals surface area contributed by atoms with E-state index in [2.05, 4.69) is 31.9 Å². The molecule has 0 heterocycles. The Morgan fingerprint density at radius 1 is 0.448 bits per heavy atom. The summed E-state index contributed by atoms with van der Waals surface area (Å²) in [6.45, 7) is 0. The van der Waals surface area contributed by atoms with Crippen molar-refractivity contribution in [3.05, 3.63) is 40.2 Å². The maximum Gasteiger partial charge on any atom is 0.0759 e. The molecule has 0 N–H and O–H groups in total. The summed E-state index contributed by atoms with van der Waals surface area (Å²) in [6.07, 6.45) is 0. The van der Waals surface area contributed by atoms with Gasteiger partial charge in [-0.05, 0) is 0 Å². The lowest BCUT2D eigenvalue weighted by Gasteiger charge is -2.18. The van der Waals surface area contributed by atoms with E-state index in [9.17, 15) is 0 Å². The molecule has 160 valence electrons. The molecular weight excluding hydrogens is 732 g/mol. The average Bonchev–Trinajstić information content (AvgIpc) is 2.70. The molecule has 2 aromatic carbocycles. The number of halogens is 10. The van der Waals surface area contributed by atoms with Crippen LogP contribution < -0.4 is 0 Å². The van der Waals surface area contributed by atoms with E-state index in [1.807, 2.05) is 0 Å². The minimum Gasteiger partial charge on any atom is -0.122 e. The van der Waals surface area contributed by atoms with Crippen LogP contribution in [0.25, 0.3) is 0 Å². The third kappa shape index (κ3) is 6.46. The van der Waals surface area contributed by atoms with Crippen LogP contribution in [0.4, 0.5) is 0 Å². The van der Waals surface area contributed by atoms with Crippen LogP contribution >= 0.6 is 160 Å². The molecule has 0 saturated heterocycles. The van der Waals surface area contributed by atoms with E-state index >= 15 is 0 Å². The third-order valence-corrected chi connectivity index (χ3v) is 12.8. The Morgan fingerprint density at radius 2 is 0.690 bits per heavy atom. The Morgan fingerprint density at radius 3 is 0.931 bits per heavy atom. The highest BCUT2D eigenvalue weighted by Gasteiger charge is 2.26. The van der Waals surface area contributed by atoms with Gasteiger partial charge in [-0.15, -0.1) is 23.5 Å². The maximum atomic E-state index is 6.51. The number of rotatable bonds is 8. The lowest BCUT2D eigenvalue weighted by Crippen LogP contribution is -1.92. The lowest BCUT2D eigenvalue weighted by atomic mass is 10.3. The van der Waals surface area contributed by atoms with Crippen LogP contribution in [0.3, 0.4) is 0 Å². The molecule has 0 atom stereocenters. The van der Waals surface area contributed by atoms with Crippen molar-refractivity contribution in [2.24, 2.45) is 0 Å². The second-order valence-corrected chi connectivity index (χ2v) is 12.8. The topological polar surface area (TPSA) is 0 Å². The number of hydrogen-bond donors (Lipinski definition) is 0. The van der Waals surface area contributed by atoms with Gasteiger partial charge < -0.3 is 0 Å². The number of thioether (sulfide) groups is 2. The molecule has 0 aliphatic heterocycles. The standard InChI is InChI=1S/C16H8Br2Cl8S3/c17-1-3-27-13-5(19)9(23)15(10(24)6(13)20)29-16-11(25)7(21)14(28-4-2-18)8(22)12(16)26/h1-4H2. The third-order valence-electron chi connectivity index (χ3n) is 3.22. The second-order valence-electron chi connectivity index (χ2n) is 5.01. The van der Waals surface area contributed by atoms with E-state index in [4.69, 9.17) is 92.8 Å². The Balaban J connectivity index is 2.58. The molecule has 29 heavy (non-hydrogen) atoms. The van der Waals surface area contributed by atoms with Crippen LogP contribution in [0, 0.1) is 0 Å². The molecule has 0 saturated carbocycles. The van der Waals surface area contributed by atoms with E-state index in [-0.39, 0.29) is 20.1 Å². The summed E-state index contributed by atoms with van der Waals surface area (Å²) in [5.74, 6) is 1.49. The Bertz CT molecular complexity index is 795. The molecule has 0 bridgehead atoms. The van der Waals surface area contributed by atoms with Crippen LogP contribution in [0.2, 0.25) is 40.2 Å². The van der Waals surface area contributed by atoms with Gasteiger partial charge in [0.25, 0.3) is 0 Å². The number of alkyl halides is 2. The minimum absolute atomic E-state index is 0.250. The van der Waals surface area contributed by atoms with Crippen molar-refractivity contribution in [2.75, 3.05) is 22.2 Å². The largest absolute Gasteiger partial charge is 0.122 e. The van der Waals surface area contributed by atoms with Gasteiger partial charge in [0.2, 0.25) is 0 Å². The van der Waals surface area contributed by atoms with E-state index in [1.54, 1.807) is 0 Å². The van der Waals surface area contributed by atoms with Crippen molar-refractivity contribution < 1.29 is 0 Å². The van der Waals surface area contributed by atoms with Gasteiger partial charge >= 0.3 is 0 Å². The van der Waals surface area contributed by atoms with Crippen molar-refractivity contribution in [1.29, 1.82) is 0 Å². The molecule has 2 rings (SSSR count). The second kappa shape index (κ2) is 13.0. The fraction of sp³-hybridized carbons (Fsp3) is 0.250. The summed E-state index contributed by atoms with van der Waals surface area (Å²) in [4.78, 5) is 2.07. The van der Waals surface area contributed by atoms with Gasteiger partial charge in [-0.1, -0.05) is 136 Å². The summed E-state index contributed by atoms with van der Waals surface area (Å²) in [7, 11) is 0. The maximum absolute atomic E-state index is 6.51. The van der Waals surface area contributed by atoms with Crippen LogP contribution in [0.5, 0.6) is 0 Å². The molecule has 0 aromatic heterocycles. The molecule has 0 spiro atoms. The number of benzene rings is 2. The molecule has 0 unspecified atom stereocenters. The average molecular weight is 740 g/mol. The van der Waals surface area contributed by atoms with Crippen molar-refractivity contribution in [1.82, 2.24) is 0 Å².